The number of rotatable bonds is 6. The van der Waals surface area contributed by atoms with Gasteiger partial charge in [-0.25, -0.2) is 4.79 Å². The van der Waals surface area contributed by atoms with E-state index < -0.39 is 14.0 Å². The first-order valence-corrected chi connectivity index (χ1v) is 16.4. The van der Waals surface area contributed by atoms with Crippen molar-refractivity contribution in [2.75, 3.05) is 11.5 Å². The van der Waals surface area contributed by atoms with Crippen molar-refractivity contribution in [3.8, 4) is 17.2 Å². The summed E-state index contributed by atoms with van der Waals surface area (Å²) < 4.78 is 7.27. The van der Waals surface area contributed by atoms with E-state index in [1.807, 2.05) is 48.9 Å². The van der Waals surface area contributed by atoms with Crippen LogP contribution in [-0.4, -0.2) is 37.2 Å². The number of carbonyl (C=O) groups excluding carboxylic acids is 2. The summed E-state index contributed by atoms with van der Waals surface area (Å²) in [4.78, 5) is 28.4. The second-order valence-corrected chi connectivity index (χ2v) is 15.7. The molecule has 2 aromatic rings. The van der Waals surface area contributed by atoms with Crippen molar-refractivity contribution in [2.24, 2.45) is 11.8 Å². The van der Waals surface area contributed by atoms with Gasteiger partial charge in [-0.15, -0.1) is 5.54 Å². The number of hydrogen-bond acceptors (Lipinski definition) is 3. The highest BCUT2D eigenvalue weighted by Gasteiger charge is 2.33. The van der Waals surface area contributed by atoms with Crippen LogP contribution in [0.3, 0.4) is 0 Å². The van der Waals surface area contributed by atoms with Gasteiger partial charge in [0.05, 0.1) is 12.3 Å². The Hall–Kier alpha value is -2.78. The topological polar surface area (TPSA) is 51.5 Å². The molecule has 3 rings (SSSR count). The second-order valence-electron chi connectivity index (χ2n) is 11.0. The summed E-state index contributed by atoms with van der Waals surface area (Å²) >= 11 is 0. The minimum Gasteiger partial charge on any atom is -0.462 e. The maximum Gasteiger partial charge on any atom is 0.341 e. The molecule has 1 amide bonds. The van der Waals surface area contributed by atoms with Crippen LogP contribution in [0.25, 0.3) is 5.69 Å². The number of carbonyl (C=O) groups is 2. The lowest BCUT2D eigenvalue weighted by Crippen LogP contribution is -2.42. The molecular weight excluding hydrogens is 452 g/mol. The Kier molecular flexibility index (Phi) is 8.66. The van der Waals surface area contributed by atoms with Crippen molar-refractivity contribution in [1.29, 1.82) is 0 Å². The molecule has 0 aliphatic heterocycles. The molecule has 1 fully saturated rings. The monoisotopic (exact) mass is 492 g/mol. The fourth-order valence-corrected chi connectivity index (χ4v) is 5.00. The van der Waals surface area contributed by atoms with E-state index in [9.17, 15) is 9.59 Å². The standard InChI is InChI=1S/C29H40N2O3Si/c1-8-34-29(33)26-19-30(25-15-11-23(12-16-25)17-18-35(5,6)7)20-27(26)31(21(2)3)28(32)24-13-9-22(4)10-14-24/h11-12,15-16,19-22,24H,8-10,13-14H2,1-7H3. The van der Waals surface area contributed by atoms with Crippen molar-refractivity contribution in [3.05, 3.63) is 47.8 Å². The zero-order valence-electron chi connectivity index (χ0n) is 22.4. The number of amides is 1. The van der Waals surface area contributed by atoms with E-state index in [4.69, 9.17) is 4.74 Å². The van der Waals surface area contributed by atoms with Crippen LogP contribution in [0.2, 0.25) is 19.6 Å². The summed E-state index contributed by atoms with van der Waals surface area (Å²) in [5.41, 5.74) is 6.30. The summed E-state index contributed by atoms with van der Waals surface area (Å²) in [6, 6.07) is 7.92. The predicted molar refractivity (Wildman–Crippen MR) is 146 cm³/mol. The smallest absolute Gasteiger partial charge is 0.341 e. The zero-order chi connectivity index (χ0) is 25.8. The summed E-state index contributed by atoms with van der Waals surface area (Å²) in [5.74, 6) is 3.64. The molecule has 35 heavy (non-hydrogen) atoms. The molecular formula is C29H40N2O3Si. The fraction of sp³-hybridized carbons (Fsp3) is 0.517. The van der Waals surface area contributed by atoms with E-state index in [0.29, 0.717) is 17.2 Å². The molecule has 5 nitrogen and oxygen atoms in total. The fourth-order valence-electron chi connectivity index (χ4n) is 4.48. The Balaban J connectivity index is 1.98. The van der Waals surface area contributed by atoms with Gasteiger partial charge in [0.15, 0.2) is 0 Å². The lowest BCUT2D eigenvalue weighted by Gasteiger charge is -2.33. The molecule has 188 valence electrons. The molecule has 0 spiro atoms. The third kappa shape index (κ3) is 6.88. The third-order valence-corrected chi connectivity index (χ3v) is 7.30. The third-order valence-electron chi connectivity index (χ3n) is 6.43. The van der Waals surface area contributed by atoms with E-state index in [-0.39, 0.29) is 24.5 Å². The van der Waals surface area contributed by atoms with E-state index in [2.05, 4.69) is 38.0 Å². The molecule has 1 aromatic heterocycles. The Bertz CT molecular complexity index is 1090. The van der Waals surface area contributed by atoms with Crippen molar-refractivity contribution in [1.82, 2.24) is 4.57 Å². The van der Waals surface area contributed by atoms with Crippen LogP contribution in [0.15, 0.2) is 36.7 Å². The number of ether oxygens (including phenoxy) is 1. The highest BCUT2D eigenvalue weighted by Crippen LogP contribution is 2.34. The largest absolute Gasteiger partial charge is 0.462 e. The van der Waals surface area contributed by atoms with Crippen LogP contribution >= 0.6 is 0 Å². The van der Waals surface area contributed by atoms with Crippen LogP contribution in [-0.2, 0) is 9.53 Å². The highest BCUT2D eigenvalue weighted by atomic mass is 28.3. The number of benzene rings is 1. The van der Waals surface area contributed by atoms with Crippen LogP contribution in [0.1, 0.15) is 69.3 Å². The van der Waals surface area contributed by atoms with E-state index in [1.165, 1.54) is 0 Å². The minimum atomic E-state index is -1.45. The van der Waals surface area contributed by atoms with Gasteiger partial charge < -0.3 is 14.2 Å². The minimum absolute atomic E-state index is 0.00350. The van der Waals surface area contributed by atoms with Gasteiger partial charge in [0.25, 0.3) is 0 Å². The summed E-state index contributed by atoms with van der Waals surface area (Å²) in [6.45, 7) is 15.0. The normalized spacial score (nSPS) is 18.1. The van der Waals surface area contributed by atoms with Crippen molar-refractivity contribution in [2.45, 2.75) is 79.1 Å². The Morgan fingerprint density at radius 3 is 2.26 bits per heavy atom. The van der Waals surface area contributed by atoms with Gasteiger partial charge in [-0.3, -0.25) is 4.79 Å². The maximum absolute atomic E-state index is 13.7. The molecule has 1 saturated carbocycles. The molecule has 1 aromatic carbocycles. The SMILES string of the molecule is CCOC(=O)c1cn(-c2ccc(C#C[Si](C)(C)C)cc2)cc1N(C(=O)C1CCC(C)CC1)C(C)C. The lowest BCUT2D eigenvalue weighted by molar-refractivity contribution is -0.123. The molecule has 1 aliphatic carbocycles. The number of aromatic nitrogens is 1. The van der Waals surface area contributed by atoms with E-state index in [0.717, 1.165) is 36.9 Å². The van der Waals surface area contributed by atoms with Gasteiger partial charge in [-0.1, -0.05) is 32.5 Å². The highest BCUT2D eigenvalue weighted by molar-refractivity contribution is 6.83. The summed E-state index contributed by atoms with van der Waals surface area (Å²) in [6.07, 6.45) is 7.61. The summed E-state index contributed by atoms with van der Waals surface area (Å²) in [7, 11) is -1.45. The molecule has 1 aliphatic rings. The maximum atomic E-state index is 13.7. The number of esters is 1. The molecule has 0 atom stereocenters. The zero-order valence-corrected chi connectivity index (χ0v) is 23.4. The van der Waals surface area contributed by atoms with Gasteiger partial charge in [0.2, 0.25) is 5.91 Å². The van der Waals surface area contributed by atoms with Crippen LogP contribution < -0.4 is 4.90 Å². The number of nitrogens with zero attached hydrogens (tertiary/aromatic N) is 2. The van der Waals surface area contributed by atoms with Crippen LogP contribution in [0.4, 0.5) is 5.69 Å². The van der Waals surface area contributed by atoms with Crippen molar-refractivity contribution < 1.29 is 14.3 Å². The first-order valence-electron chi connectivity index (χ1n) is 12.9. The van der Waals surface area contributed by atoms with Crippen molar-refractivity contribution in [3.63, 3.8) is 0 Å². The Morgan fingerprint density at radius 1 is 1.09 bits per heavy atom. The lowest BCUT2D eigenvalue weighted by atomic mass is 9.82. The Labute approximate surface area is 211 Å². The van der Waals surface area contributed by atoms with Gasteiger partial charge in [0, 0.05) is 35.6 Å². The van der Waals surface area contributed by atoms with Gasteiger partial charge in [-0.2, -0.15) is 0 Å². The molecule has 0 N–H and O–H groups in total. The average Bonchev–Trinajstić information content (AvgIpc) is 3.23. The predicted octanol–water partition coefficient (Wildman–Crippen LogP) is 6.45. The van der Waals surface area contributed by atoms with Gasteiger partial charge >= 0.3 is 5.97 Å². The molecule has 6 heteroatoms. The molecule has 0 unspecified atom stereocenters. The van der Waals surface area contributed by atoms with Crippen molar-refractivity contribution >= 4 is 25.6 Å². The molecule has 0 bridgehead atoms. The first-order chi connectivity index (χ1) is 16.5. The average molecular weight is 493 g/mol. The first kappa shape index (κ1) is 26.8. The molecule has 1 heterocycles. The molecule has 0 saturated heterocycles. The van der Waals surface area contributed by atoms with E-state index >= 15 is 0 Å². The number of hydrogen-bond donors (Lipinski definition) is 0. The number of anilines is 1. The van der Waals surface area contributed by atoms with Crippen LogP contribution in [0, 0.1) is 23.3 Å². The quantitative estimate of drug-likeness (QED) is 0.264. The Morgan fingerprint density at radius 2 is 1.71 bits per heavy atom. The second kappa shape index (κ2) is 11.3. The molecule has 0 radical (unpaired) electrons. The summed E-state index contributed by atoms with van der Waals surface area (Å²) in [5, 5.41) is 0. The van der Waals surface area contributed by atoms with Gasteiger partial charge in [-0.05, 0) is 76.6 Å². The van der Waals surface area contributed by atoms with Crippen LogP contribution in [0.5, 0.6) is 0 Å². The van der Waals surface area contributed by atoms with Gasteiger partial charge in [0.1, 0.15) is 13.6 Å². The van der Waals surface area contributed by atoms with E-state index in [1.54, 1.807) is 18.0 Å².